The van der Waals surface area contributed by atoms with Crippen LogP contribution in [0.1, 0.15) is 5.56 Å². The summed E-state index contributed by atoms with van der Waals surface area (Å²) in [5.41, 5.74) is 2.51. The fourth-order valence-corrected chi connectivity index (χ4v) is 2.55. The number of carbonyl (C=O) groups is 1. The van der Waals surface area contributed by atoms with Crippen molar-refractivity contribution in [3.8, 4) is 5.75 Å². The third-order valence-electron chi connectivity index (χ3n) is 3.66. The highest BCUT2D eigenvalue weighted by Crippen LogP contribution is 2.24. The van der Waals surface area contributed by atoms with Gasteiger partial charge >= 0.3 is 0 Å². The van der Waals surface area contributed by atoms with E-state index in [1.165, 1.54) is 18.3 Å². The fourth-order valence-electron chi connectivity index (χ4n) is 2.37. The van der Waals surface area contributed by atoms with Gasteiger partial charge in [-0.05, 0) is 29.0 Å². The first kappa shape index (κ1) is 18.3. The Labute approximate surface area is 159 Å². The van der Waals surface area contributed by atoms with E-state index in [-0.39, 0.29) is 17.3 Å². The van der Waals surface area contributed by atoms with Gasteiger partial charge in [-0.3, -0.25) is 14.9 Å². The van der Waals surface area contributed by atoms with Crippen LogP contribution in [0.2, 0.25) is 5.02 Å². The Kier molecular flexibility index (Phi) is 5.63. The number of amides is 1. The van der Waals surface area contributed by atoms with Gasteiger partial charge in [0.1, 0.15) is 10.8 Å². The zero-order valence-electron chi connectivity index (χ0n) is 14.0. The number of nitro benzene ring substituents is 1. The number of carbonyl (C=O) groups excluding carboxylic acids is 1. The van der Waals surface area contributed by atoms with Crippen molar-refractivity contribution in [3.63, 3.8) is 0 Å². The molecule has 0 saturated heterocycles. The van der Waals surface area contributed by atoms with Crippen LogP contribution in [0.3, 0.4) is 0 Å². The number of ether oxygens (including phenoxy) is 1. The quantitative estimate of drug-likeness (QED) is 0.396. The number of hydrazone groups is 1. The molecule has 7 nitrogen and oxygen atoms in total. The second-order valence-electron chi connectivity index (χ2n) is 5.56. The summed E-state index contributed by atoms with van der Waals surface area (Å²) >= 11 is 5.74. The summed E-state index contributed by atoms with van der Waals surface area (Å²) < 4.78 is 5.45. The normalized spacial score (nSPS) is 10.9. The summed E-state index contributed by atoms with van der Waals surface area (Å²) in [5.74, 6) is 0.115. The Bertz CT molecular complexity index is 1040. The van der Waals surface area contributed by atoms with Gasteiger partial charge in [0.15, 0.2) is 6.61 Å². The van der Waals surface area contributed by atoms with Gasteiger partial charge < -0.3 is 4.74 Å². The van der Waals surface area contributed by atoms with Crippen molar-refractivity contribution in [2.75, 3.05) is 6.61 Å². The maximum absolute atomic E-state index is 11.8. The van der Waals surface area contributed by atoms with Gasteiger partial charge in [0, 0.05) is 11.6 Å². The Balaban J connectivity index is 1.55. The average molecular weight is 384 g/mol. The van der Waals surface area contributed by atoms with Crippen molar-refractivity contribution in [2.24, 2.45) is 5.10 Å². The molecule has 0 spiro atoms. The molecule has 27 heavy (non-hydrogen) atoms. The highest BCUT2D eigenvalue weighted by molar-refractivity contribution is 6.32. The number of nitro groups is 1. The molecular weight excluding hydrogens is 370 g/mol. The average Bonchev–Trinajstić information content (AvgIpc) is 2.67. The Hall–Kier alpha value is -3.45. The van der Waals surface area contributed by atoms with E-state index in [9.17, 15) is 14.9 Å². The maximum Gasteiger partial charge on any atom is 0.288 e. The molecule has 3 aromatic carbocycles. The molecular formula is C19H14ClN3O4. The smallest absolute Gasteiger partial charge is 0.288 e. The Morgan fingerprint density at radius 2 is 1.93 bits per heavy atom. The van der Waals surface area contributed by atoms with Crippen molar-refractivity contribution in [2.45, 2.75) is 0 Å². The monoisotopic (exact) mass is 383 g/mol. The minimum absolute atomic E-state index is 0.0324. The van der Waals surface area contributed by atoms with Gasteiger partial charge in [0.05, 0.1) is 11.1 Å². The molecule has 8 heteroatoms. The van der Waals surface area contributed by atoms with E-state index in [0.29, 0.717) is 11.3 Å². The first-order valence-corrected chi connectivity index (χ1v) is 8.28. The lowest BCUT2D eigenvalue weighted by molar-refractivity contribution is -0.384. The van der Waals surface area contributed by atoms with Crippen LogP contribution in [0.4, 0.5) is 5.69 Å². The number of halogens is 1. The van der Waals surface area contributed by atoms with Crippen LogP contribution in [-0.4, -0.2) is 23.7 Å². The third-order valence-corrected chi connectivity index (χ3v) is 3.98. The number of rotatable bonds is 6. The third kappa shape index (κ3) is 4.80. The number of fused-ring (bicyclic) bond motifs is 1. The summed E-state index contributed by atoms with van der Waals surface area (Å²) in [5, 5.41) is 16.7. The number of nitrogens with zero attached hydrogens (tertiary/aromatic N) is 2. The molecule has 1 N–H and O–H groups in total. The molecule has 0 bridgehead atoms. The van der Waals surface area contributed by atoms with E-state index in [2.05, 4.69) is 10.5 Å². The first-order valence-electron chi connectivity index (χ1n) is 7.90. The summed E-state index contributed by atoms with van der Waals surface area (Å²) in [6.07, 6.45) is 1.29. The molecule has 0 fully saturated rings. The van der Waals surface area contributed by atoms with E-state index in [0.717, 1.165) is 10.8 Å². The van der Waals surface area contributed by atoms with Crippen molar-refractivity contribution >= 4 is 40.2 Å². The van der Waals surface area contributed by atoms with Crippen LogP contribution >= 0.6 is 11.6 Å². The molecule has 0 aromatic heterocycles. The lowest BCUT2D eigenvalue weighted by Gasteiger charge is -2.06. The molecule has 136 valence electrons. The standard InChI is InChI=1S/C19H14ClN3O4/c20-17-8-5-13(9-18(17)23(25)26)11-21-22-19(24)12-27-16-7-6-14-3-1-2-4-15(14)10-16/h1-11H,12H2,(H,22,24). The van der Waals surface area contributed by atoms with Gasteiger partial charge in [-0.1, -0.05) is 48.0 Å². The largest absolute Gasteiger partial charge is 0.484 e. The number of benzene rings is 3. The van der Waals surface area contributed by atoms with Crippen LogP contribution in [0.5, 0.6) is 5.75 Å². The number of hydrogen-bond acceptors (Lipinski definition) is 5. The lowest BCUT2D eigenvalue weighted by atomic mass is 10.1. The zero-order valence-corrected chi connectivity index (χ0v) is 14.7. The topological polar surface area (TPSA) is 93.8 Å². The number of hydrogen-bond donors (Lipinski definition) is 1. The number of nitrogens with one attached hydrogen (secondary N) is 1. The highest BCUT2D eigenvalue weighted by atomic mass is 35.5. The van der Waals surface area contributed by atoms with Crippen LogP contribution in [0.25, 0.3) is 10.8 Å². The molecule has 0 saturated carbocycles. The minimum atomic E-state index is -0.588. The van der Waals surface area contributed by atoms with Gasteiger partial charge in [-0.2, -0.15) is 5.10 Å². The predicted molar refractivity (Wildman–Crippen MR) is 103 cm³/mol. The molecule has 1 amide bonds. The van der Waals surface area contributed by atoms with Crippen molar-refractivity contribution < 1.29 is 14.5 Å². The maximum atomic E-state index is 11.8. The molecule has 0 atom stereocenters. The minimum Gasteiger partial charge on any atom is -0.484 e. The predicted octanol–water partition coefficient (Wildman–Crippen LogP) is 3.93. The van der Waals surface area contributed by atoms with Gasteiger partial charge in [0.25, 0.3) is 11.6 Å². The van der Waals surface area contributed by atoms with Crippen LogP contribution in [0, 0.1) is 10.1 Å². The molecule has 0 radical (unpaired) electrons. The molecule has 3 aromatic rings. The molecule has 0 aliphatic heterocycles. The molecule has 0 unspecified atom stereocenters. The summed E-state index contributed by atoms with van der Waals surface area (Å²) in [4.78, 5) is 22.1. The Morgan fingerprint density at radius 1 is 1.15 bits per heavy atom. The Morgan fingerprint density at radius 3 is 2.70 bits per heavy atom. The fraction of sp³-hybridized carbons (Fsp3) is 0.0526. The second-order valence-corrected chi connectivity index (χ2v) is 5.97. The summed E-state index contributed by atoms with van der Waals surface area (Å²) in [6.45, 7) is -0.212. The second kappa shape index (κ2) is 8.29. The van der Waals surface area contributed by atoms with Crippen LogP contribution in [-0.2, 0) is 4.79 Å². The summed E-state index contributed by atoms with van der Waals surface area (Å²) in [7, 11) is 0. The lowest BCUT2D eigenvalue weighted by Crippen LogP contribution is -2.24. The summed E-state index contributed by atoms with van der Waals surface area (Å²) in [6, 6.07) is 17.6. The van der Waals surface area contributed by atoms with E-state index in [4.69, 9.17) is 16.3 Å². The highest BCUT2D eigenvalue weighted by Gasteiger charge is 2.11. The van der Waals surface area contributed by atoms with Gasteiger partial charge in [-0.15, -0.1) is 0 Å². The molecule has 3 rings (SSSR count). The van der Waals surface area contributed by atoms with Crippen LogP contribution in [0.15, 0.2) is 65.8 Å². The van der Waals surface area contributed by atoms with Crippen molar-refractivity contribution in [1.29, 1.82) is 0 Å². The van der Waals surface area contributed by atoms with Crippen molar-refractivity contribution in [3.05, 3.63) is 81.4 Å². The SMILES string of the molecule is O=C(COc1ccc2ccccc2c1)NN=Cc1ccc(Cl)c([N+](=O)[O-])c1. The zero-order chi connectivity index (χ0) is 19.2. The van der Waals surface area contributed by atoms with E-state index < -0.39 is 10.8 Å². The first-order chi connectivity index (χ1) is 13.0. The van der Waals surface area contributed by atoms with Gasteiger partial charge in [0.2, 0.25) is 0 Å². The molecule has 0 heterocycles. The van der Waals surface area contributed by atoms with E-state index in [1.54, 1.807) is 12.1 Å². The van der Waals surface area contributed by atoms with Gasteiger partial charge in [-0.25, -0.2) is 5.43 Å². The molecule has 0 aliphatic rings. The van der Waals surface area contributed by atoms with E-state index in [1.807, 2.05) is 36.4 Å². The van der Waals surface area contributed by atoms with Crippen LogP contribution < -0.4 is 10.2 Å². The molecule has 0 aliphatic carbocycles. The van der Waals surface area contributed by atoms with E-state index >= 15 is 0 Å². The van der Waals surface area contributed by atoms with Crippen molar-refractivity contribution in [1.82, 2.24) is 5.43 Å².